The molecule has 0 spiro atoms. The van der Waals surface area contributed by atoms with E-state index >= 15 is 0 Å². The number of sulfonamides is 1. The minimum atomic E-state index is -3.74. The van der Waals surface area contributed by atoms with Gasteiger partial charge in [-0.1, -0.05) is 37.5 Å². The SMILES string of the molecule is COc1ccc(S(=O)(=O)N2CCOCC2)cc1NC(=O)c1oc2ccccc2c1CSC1CCCCC1. The smallest absolute Gasteiger partial charge is 0.291 e. The molecule has 2 aliphatic rings. The zero-order valence-corrected chi connectivity index (χ0v) is 22.5. The molecule has 8 nitrogen and oxygen atoms in total. The lowest BCUT2D eigenvalue weighted by atomic mass is 10.0. The monoisotopic (exact) mass is 544 g/mol. The van der Waals surface area contributed by atoms with Crippen molar-refractivity contribution < 1.29 is 27.1 Å². The number of rotatable bonds is 8. The van der Waals surface area contributed by atoms with Gasteiger partial charge in [-0.25, -0.2) is 8.42 Å². The average molecular weight is 545 g/mol. The largest absolute Gasteiger partial charge is 0.495 e. The highest BCUT2D eigenvalue weighted by atomic mass is 32.2. The standard InChI is InChI=1S/C27H32N2O6S2/c1-33-25-12-11-20(37(31,32)29-13-15-34-16-14-29)17-23(25)28-27(30)26-22(18-36-19-7-3-2-4-8-19)21-9-5-6-10-24(21)35-26/h5-6,9-12,17,19H,2-4,7-8,13-16,18H2,1H3,(H,28,30). The summed E-state index contributed by atoms with van der Waals surface area (Å²) < 4.78 is 44.5. The molecule has 2 heterocycles. The first kappa shape index (κ1) is 26.1. The number of carbonyl (C=O) groups excluding carboxylic acids is 1. The number of methoxy groups -OCH3 is 1. The first-order chi connectivity index (χ1) is 18.0. The number of furan rings is 1. The molecule has 198 valence electrons. The number of fused-ring (bicyclic) bond motifs is 1. The van der Waals surface area contributed by atoms with Crippen LogP contribution in [-0.2, 0) is 20.5 Å². The molecule has 0 bridgehead atoms. The molecule has 0 radical (unpaired) electrons. The summed E-state index contributed by atoms with van der Waals surface area (Å²) in [5.41, 5.74) is 1.79. The van der Waals surface area contributed by atoms with Crippen molar-refractivity contribution in [1.29, 1.82) is 0 Å². The molecule has 5 rings (SSSR count). The van der Waals surface area contributed by atoms with Crippen molar-refractivity contribution in [2.24, 2.45) is 0 Å². The van der Waals surface area contributed by atoms with E-state index < -0.39 is 15.9 Å². The van der Waals surface area contributed by atoms with E-state index in [0.717, 1.165) is 10.9 Å². The molecule has 2 aromatic carbocycles. The third-order valence-corrected chi connectivity index (χ3v) is 10.2. The van der Waals surface area contributed by atoms with Crippen molar-refractivity contribution >= 4 is 44.3 Å². The van der Waals surface area contributed by atoms with Gasteiger partial charge in [-0.3, -0.25) is 4.79 Å². The minimum Gasteiger partial charge on any atom is -0.495 e. The first-order valence-electron chi connectivity index (χ1n) is 12.7. The van der Waals surface area contributed by atoms with Gasteiger partial charge in [-0.05, 0) is 37.1 Å². The number of nitrogens with one attached hydrogen (secondary N) is 1. The van der Waals surface area contributed by atoms with Crippen LogP contribution >= 0.6 is 11.8 Å². The molecule has 1 N–H and O–H groups in total. The number of para-hydroxylation sites is 1. The molecule has 0 atom stereocenters. The second kappa shape index (κ2) is 11.5. The number of ether oxygens (including phenoxy) is 2. The number of nitrogens with zero attached hydrogens (tertiary/aromatic N) is 1. The maximum Gasteiger partial charge on any atom is 0.291 e. The Morgan fingerprint density at radius 2 is 1.86 bits per heavy atom. The molecule has 10 heteroatoms. The van der Waals surface area contributed by atoms with Crippen molar-refractivity contribution in [3.05, 3.63) is 53.8 Å². The fourth-order valence-corrected chi connectivity index (χ4v) is 7.71. The van der Waals surface area contributed by atoms with Crippen molar-refractivity contribution in [2.75, 3.05) is 38.7 Å². The van der Waals surface area contributed by atoms with Crippen LogP contribution in [0.3, 0.4) is 0 Å². The number of anilines is 1. The zero-order chi connectivity index (χ0) is 25.8. The van der Waals surface area contributed by atoms with Gasteiger partial charge in [0.25, 0.3) is 5.91 Å². The summed E-state index contributed by atoms with van der Waals surface area (Å²) in [6.07, 6.45) is 6.19. The Hall–Kier alpha value is -2.53. The van der Waals surface area contributed by atoms with Crippen LogP contribution < -0.4 is 10.1 Å². The second-order valence-corrected chi connectivity index (χ2v) is 12.5. The van der Waals surface area contributed by atoms with Crippen molar-refractivity contribution in [1.82, 2.24) is 4.31 Å². The van der Waals surface area contributed by atoms with E-state index in [2.05, 4.69) is 5.32 Å². The number of hydrogen-bond donors (Lipinski definition) is 1. The van der Waals surface area contributed by atoms with Crippen molar-refractivity contribution in [3.63, 3.8) is 0 Å². The quantitative estimate of drug-likeness (QED) is 0.412. The predicted octanol–water partition coefficient (Wildman–Crippen LogP) is 5.28. The number of amides is 1. The van der Waals surface area contributed by atoms with E-state index in [0.29, 0.717) is 35.5 Å². The molecule has 37 heavy (non-hydrogen) atoms. The second-order valence-electron chi connectivity index (χ2n) is 9.31. The van der Waals surface area contributed by atoms with Crippen LogP contribution in [0.15, 0.2) is 51.8 Å². The Morgan fingerprint density at radius 1 is 1.11 bits per heavy atom. The first-order valence-corrected chi connectivity index (χ1v) is 15.2. The highest BCUT2D eigenvalue weighted by molar-refractivity contribution is 7.99. The third-order valence-electron chi connectivity index (χ3n) is 6.95. The maximum atomic E-state index is 13.5. The molecular weight excluding hydrogens is 512 g/mol. The van der Waals surface area contributed by atoms with E-state index in [1.54, 1.807) is 6.07 Å². The number of thioether (sulfide) groups is 1. The van der Waals surface area contributed by atoms with E-state index in [1.165, 1.54) is 55.7 Å². The fourth-order valence-electron chi connectivity index (χ4n) is 4.92. The Balaban J connectivity index is 1.43. The van der Waals surface area contributed by atoms with E-state index in [-0.39, 0.29) is 29.4 Å². The van der Waals surface area contributed by atoms with Crippen molar-refractivity contribution in [2.45, 2.75) is 48.0 Å². The van der Waals surface area contributed by atoms with E-state index in [1.807, 2.05) is 36.0 Å². The number of hydrogen-bond acceptors (Lipinski definition) is 7. The molecule has 1 aliphatic heterocycles. The van der Waals surface area contributed by atoms with Crippen LogP contribution in [0.25, 0.3) is 11.0 Å². The van der Waals surface area contributed by atoms with E-state index in [4.69, 9.17) is 13.9 Å². The Bertz CT molecular complexity index is 1360. The van der Waals surface area contributed by atoms with E-state index in [9.17, 15) is 13.2 Å². The topological polar surface area (TPSA) is 98.1 Å². The molecule has 1 aromatic heterocycles. The van der Waals surface area contributed by atoms with Crippen LogP contribution in [-0.4, -0.2) is 57.3 Å². The molecule has 1 amide bonds. The maximum absolute atomic E-state index is 13.5. The molecule has 1 aliphatic carbocycles. The normalized spacial score (nSPS) is 17.6. The summed E-state index contributed by atoms with van der Waals surface area (Å²) in [6.45, 7) is 1.29. The van der Waals surface area contributed by atoms with Crippen LogP contribution in [0.1, 0.15) is 48.2 Å². The third kappa shape index (κ3) is 5.67. The molecule has 3 aromatic rings. The Kier molecular flexibility index (Phi) is 8.09. The summed E-state index contributed by atoms with van der Waals surface area (Å²) in [5.74, 6) is 0.846. The van der Waals surface area contributed by atoms with Crippen molar-refractivity contribution in [3.8, 4) is 5.75 Å². The Labute approximate surface area is 221 Å². The van der Waals surface area contributed by atoms with Gasteiger partial charge in [0.1, 0.15) is 11.3 Å². The molecule has 0 unspecified atom stereocenters. The lowest BCUT2D eigenvalue weighted by Gasteiger charge is -2.26. The summed E-state index contributed by atoms with van der Waals surface area (Å²) in [5, 5.41) is 4.36. The number of morpholine rings is 1. The van der Waals surface area contributed by atoms with Gasteiger partial charge in [0, 0.05) is 35.0 Å². The highest BCUT2D eigenvalue weighted by Gasteiger charge is 2.28. The zero-order valence-electron chi connectivity index (χ0n) is 20.9. The van der Waals surface area contributed by atoms with Crippen LogP contribution in [0.2, 0.25) is 0 Å². The summed E-state index contributed by atoms with van der Waals surface area (Å²) in [6, 6.07) is 12.2. The van der Waals surface area contributed by atoms with Gasteiger partial charge in [0.15, 0.2) is 5.76 Å². The molecule has 2 fully saturated rings. The lowest BCUT2D eigenvalue weighted by Crippen LogP contribution is -2.40. The van der Waals surface area contributed by atoms with Gasteiger partial charge in [-0.2, -0.15) is 16.1 Å². The fraction of sp³-hybridized carbons (Fsp3) is 0.444. The van der Waals surface area contributed by atoms with Gasteiger partial charge in [0.2, 0.25) is 10.0 Å². The average Bonchev–Trinajstić information content (AvgIpc) is 3.31. The molecular formula is C27H32N2O6S2. The van der Waals surface area contributed by atoms with Gasteiger partial charge in [-0.15, -0.1) is 0 Å². The lowest BCUT2D eigenvalue weighted by molar-refractivity contribution is 0.0730. The number of carbonyl (C=O) groups is 1. The van der Waals surface area contributed by atoms with Gasteiger partial charge < -0.3 is 19.2 Å². The minimum absolute atomic E-state index is 0.0863. The van der Waals surface area contributed by atoms with Gasteiger partial charge in [0.05, 0.1) is 30.9 Å². The van der Waals surface area contributed by atoms with Crippen LogP contribution in [0, 0.1) is 0 Å². The summed E-state index contributed by atoms with van der Waals surface area (Å²) in [7, 11) is -2.26. The highest BCUT2D eigenvalue weighted by Crippen LogP contribution is 2.36. The summed E-state index contributed by atoms with van der Waals surface area (Å²) >= 11 is 1.88. The molecule has 1 saturated heterocycles. The van der Waals surface area contributed by atoms with Crippen LogP contribution in [0.5, 0.6) is 5.75 Å². The number of benzene rings is 2. The van der Waals surface area contributed by atoms with Gasteiger partial charge >= 0.3 is 0 Å². The summed E-state index contributed by atoms with van der Waals surface area (Å²) in [4.78, 5) is 13.6. The van der Waals surface area contributed by atoms with Crippen LogP contribution in [0.4, 0.5) is 5.69 Å². The Morgan fingerprint density at radius 3 is 2.62 bits per heavy atom. The molecule has 1 saturated carbocycles. The predicted molar refractivity (Wildman–Crippen MR) is 145 cm³/mol.